The molecule has 0 radical (unpaired) electrons. The second-order valence-corrected chi connectivity index (χ2v) is 4.27. The molecule has 1 aromatic rings. The van der Waals surface area contributed by atoms with E-state index < -0.39 is 0 Å². The maximum Gasteiger partial charge on any atom is 0.137 e. The van der Waals surface area contributed by atoms with Crippen molar-refractivity contribution in [3.63, 3.8) is 0 Å². The average molecular weight is 222 g/mol. The van der Waals surface area contributed by atoms with Gasteiger partial charge in [0, 0.05) is 5.02 Å². The quantitative estimate of drug-likeness (QED) is 0.781. The van der Waals surface area contributed by atoms with Crippen molar-refractivity contribution < 1.29 is 4.74 Å². The highest BCUT2D eigenvalue weighted by Crippen LogP contribution is 2.32. The summed E-state index contributed by atoms with van der Waals surface area (Å²) in [5, 5.41) is 9.45. The van der Waals surface area contributed by atoms with Gasteiger partial charge in [-0.15, -0.1) is 0 Å². The molecule has 0 atom stereocenters. The van der Waals surface area contributed by atoms with Crippen LogP contribution in [0.5, 0.6) is 5.75 Å². The van der Waals surface area contributed by atoms with E-state index in [0.717, 1.165) is 12.3 Å². The van der Waals surface area contributed by atoms with Crippen molar-refractivity contribution in [2.24, 2.45) is 5.92 Å². The number of hydrogen-bond acceptors (Lipinski definition) is 2. The van der Waals surface area contributed by atoms with Gasteiger partial charge in [0.05, 0.1) is 12.2 Å². The lowest BCUT2D eigenvalue weighted by Gasteiger charge is -2.07. The molecular formula is C12H12ClNO. The Morgan fingerprint density at radius 2 is 2.27 bits per heavy atom. The van der Waals surface area contributed by atoms with E-state index in [1.54, 1.807) is 18.2 Å². The van der Waals surface area contributed by atoms with Crippen LogP contribution in [0.2, 0.25) is 5.02 Å². The van der Waals surface area contributed by atoms with Gasteiger partial charge in [-0.1, -0.05) is 24.4 Å². The minimum atomic E-state index is 0.512. The number of halogens is 1. The van der Waals surface area contributed by atoms with Crippen LogP contribution in [-0.2, 0) is 0 Å². The molecule has 3 heteroatoms. The first kappa shape index (κ1) is 10.3. The number of nitriles is 1. The van der Waals surface area contributed by atoms with E-state index in [1.165, 1.54) is 12.8 Å². The number of hydrogen-bond donors (Lipinski definition) is 0. The van der Waals surface area contributed by atoms with Crippen molar-refractivity contribution >= 4 is 11.6 Å². The highest BCUT2D eigenvalue weighted by Gasteiger charge is 2.20. The van der Waals surface area contributed by atoms with Crippen LogP contribution in [0.1, 0.15) is 24.8 Å². The average Bonchev–Trinajstić information content (AvgIpc) is 3.04. The van der Waals surface area contributed by atoms with Crippen LogP contribution in [0.25, 0.3) is 0 Å². The standard InChI is InChI=1S/C12H12ClNO/c13-11-3-4-12(10(7-11)8-14)15-6-5-9-1-2-9/h3-4,7,9H,1-2,5-6H2. The van der Waals surface area contributed by atoms with Crippen LogP contribution < -0.4 is 4.74 Å². The SMILES string of the molecule is N#Cc1cc(Cl)ccc1OCCC1CC1. The maximum atomic E-state index is 8.88. The predicted octanol–water partition coefficient (Wildman–Crippen LogP) is 3.39. The van der Waals surface area contributed by atoms with Crippen molar-refractivity contribution in [3.05, 3.63) is 28.8 Å². The fraction of sp³-hybridized carbons (Fsp3) is 0.417. The lowest BCUT2D eigenvalue weighted by molar-refractivity contribution is 0.301. The van der Waals surface area contributed by atoms with Gasteiger partial charge in [0.1, 0.15) is 11.8 Å². The molecule has 78 valence electrons. The van der Waals surface area contributed by atoms with Crippen LogP contribution >= 0.6 is 11.6 Å². The fourth-order valence-corrected chi connectivity index (χ4v) is 1.63. The van der Waals surface area contributed by atoms with Gasteiger partial charge in [-0.2, -0.15) is 5.26 Å². The van der Waals surface area contributed by atoms with Gasteiger partial charge < -0.3 is 4.74 Å². The summed E-state index contributed by atoms with van der Waals surface area (Å²) in [7, 11) is 0. The zero-order valence-corrected chi connectivity index (χ0v) is 9.13. The fourth-order valence-electron chi connectivity index (χ4n) is 1.46. The first-order chi connectivity index (χ1) is 7.29. The molecule has 0 bridgehead atoms. The molecule has 1 fully saturated rings. The second-order valence-electron chi connectivity index (χ2n) is 3.83. The Labute approximate surface area is 94.4 Å². The van der Waals surface area contributed by atoms with Crippen molar-refractivity contribution in [1.29, 1.82) is 5.26 Å². The van der Waals surface area contributed by atoms with E-state index in [4.69, 9.17) is 21.6 Å². The monoisotopic (exact) mass is 221 g/mol. The van der Waals surface area contributed by atoms with Crippen LogP contribution in [0.15, 0.2) is 18.2 Å². The lowest BCUT2D eigenvalue weighted by atomic mass is 10.2. The maximum absolute atomic E-state index is 8.88. The van der Waals surface area contributed by atoms with Crippen LogP contribution in [-0.4, -0.2) is 6.61 Å². The number of rotatable bonds is 4. The topological polar surface area (TPSA) is 33.0 Å². The third-order valence-corrected chi connectivity index (χ3v) is 2.78. The third kappa shape index (κ3) is 2.87. The van der Waals surface area contributed by atoms with E-state index in [0.29, 0.717) is 22.9 Å². The van der Waals surface area contributed by atoms with Gasteiger partial charge in [0.2, 0.25) is 0 Å². The van der Waals surface area contributed by atoms with Gasteiger partial charge in [0.25, 0.3) is 0 Å². The molecule has 15 heavy (non-hydrogen) atoms. The summed E-state index contributed by atoms with van der Waals surface area (Å²) in [6, 6.07) is 7.22. The minimum absolute atomic E-state index is 0.512. The largest absolute Gasteiger partial charge is 0.492 e. The Morgan fingerprint density at radius 3 is 2.93 bits per heavy atom. The van der Waals surface area contributed by atoms with Crippen molar-refractivity contribution in [2.75, 3.05) is 6.61 Å². The molecule has 0 aromatic heterocycles. The number of ether oxygens (including phenoxy) is 1. The highest BCUT2D eigenvalue weighted by molar-refractivity contribution is 6.30. The molecule has 2 nitrogen and oxygen atoms in total. The summed E-state index contributed by atoms with van der Waals surface area (Å²) in [5.74, 6) is 1.49. The first-order valence-electron chi connectivity index (χ1n) is 5.12. The normalized spacial score (nSPS) is 14.7. The van der Waals surface area contributed by atoms with Crippen molar-refractivity contribution in [1.82, 2.24) is 0 Å². The van der Waals surface area contributed by atoms with Gasteiger partial charge in [-0.25, -0.2) is 0 Å². The minimum Gasteiger partial charge on any atom is -0.492 e. The summed E-state index contributed by atoms with van der Waals surface area (Å²) in [5.41, 5.74) is 0.512. The van der Waals surface area contributed by atoms with Gasteiger partial charge in [-0.3, -0.25) is 0 Å². The molecule has 0 spiro atoms. The zero-order chi connectivity index (χ0) is 10.7. The van der Waals surface area contributed by atoms with E-state index in [1.807, 2.05) is 0 Å². The molecule has 0 saturated heterocycles. The number of benzene rings is 1. The summed E-state index contributed by atoms with van der Waals surface area (Å²) in [6.45, 7) is 0.695. The third-order valence-electron chi connectivity index (χ3n) is 2.54. The molecule has 1 aliphatic rings. The Balaban J connectivity index is 1.96. The zero-order valence-electron chi connectivity index (χ0n) is 8.37. The molecule has 0 amide bonds. The number of nitrogens with zero attached hydrogens (tertiary/aromatic N) is 1. The molecular weight excluding hydrogens is 210 g/mol. The Hall–Kier alpha value is -1.20. The molecule has 0 heterocycles. The van der Waals surface area contributed by atoms with Gasteiger partial charge in [-0.05, 0) is 30.5 Å². The summed E-state index contributed by atoms with van der Waals surface area (Å²) < 4.78 is 5.55. The summed E-state index contributed by atoms with van der Waals surface area (Å²) in [6.07, 6.45) is 3.75. The van der Waals surface area contributed by atoms with E-state index in [2.05, 4.69) is 6.07 Å². The van der Waals surface area contributed by atoms with Crippen LogP contribution in [0.3, 0.4) is 0 Å². The highest BCUT2D eigenvalue weighted by atomic mass is 35.5. The van der Waals surface area contributed by atoms with E-state index in [9.17, 15) is 0 Å². The van der Waals surface area contributed by atoms with Crippen molar-refractivity contribution in [2.45, 2.75) is 19.3 Å². The Kier molecular flexibility index (Phi) is 3.13. The van der Waals surface area contributed by atoms with Crippen molar-refractivity contribution in [3.8, 4) is 11.8 Å². The Bertz CT molecular complexity index is 393. The first-order valence-corrected chi connectivity index (χ1v) is 5.50. The van der Waals surface area contributed by atoms with Gasteiger partial charge in [0.15, 0.2) is 0 Å². The van der Waals surface area contributed by atoms with Crippen LogP contribution in [0.4, 0.5) is 0 Å². The smallest absolute Gasteiger partial charge is 0.137 e. The van der Waals surface area contributed by atoms with E-state index >= 15 is 0 Å². The molecule has 0 aliphatic heterocycles. The Morgan fingerprint density at radius 1 is 1.47 bits per heavy atom. The summed E-state index contributed by atoms with van der Waals surface area (Å²) in [4.78, 5) is 0. The van der Waals surface area contributed by atoms with Crippen LogP contribution in [0, 0.1) is 17.2 Å². The van der Waals surface area contributed by atoms with E-state index in [-0.39, 0.29) is 0 Å². The predicted molar refractivity (Wildman–Crippen MR) is 59.0 cm³/mol. The molecule has 0 N–H and O–H groups in total. The summed E-state index contributed by atoms with van der Waals surface area (Å²) >= 11 is 5.78. The lowest BCUT2D eigenvalue weighted by Crippen LogP contribution is -1.99. The second kappa shape index (κ2) is 4.55. The molecule has 1 aliphatic carbocycles. The van der Waals surface area contributed by atoms with Gasteiger partial charge >= 0.3 is 0 Å². The molecule has 1 saturated carbocycles. The molecule has 2 rings (SSSR count). The molecule has 0 unspecified atom stereocenters. The molecule has 1 aromatic carbocycles.